The van der Waals surface area contributed by atoms with E-state index in [9.17, 15) is 9.59 Å². The number of methoxy groups -OCH3 is 1. The first-order valence-corrected chi connectivity index (χ1v) is 13.7. The van der Waals surface area contributed by atoms with Crippen LogP contribution in [0, 0.1) is 0 Å². The summed E-state index contributed by atoms with van der Waals surface area (Å²) in [4.78, 5) is 43.4. The molecule has 39 heavy (non-hydrogen) atoms. The van der Waals surface area contributed by atoms with Crippen LogP contribution in [0.4, 0.5) is 4.79 Å². The molecule has 1 aliphatic carbocycles. The van der Waals surface area contributed by atoms with Crippen molar-refractivity contribution in [3.05, 3.63) is 76.4 Å². The Kier molecular flexibility index (Phi) is 5.73. The van der Waals surface area contributed by atoms with Crippen molar-refractivity contribution < 1.29 is 14.3 Å². The van der Waals surface area contributed by atoms with Gasteiger partial charge in [0, 0.05) is 46.9 Å². The molecule has 0 saturated heterocycles. The summed E-state index contributed by atoms with van der Waals surface area (Å²) in [5, 5.41) is 2.90. The van der Waals surface area contributed by atoms with Crippen LogP contribution in [0.2, 0.25) is 0 Å². The van der Waals surface area contributed by atoms with Crippen LogP contribution in [0.3, 0.4) is 0 Å². The fourth-order valence-corrected chi connectivity index (χ4v) is 6.40. The molecule has 1 aliphatic heterocycles. The van der Waals surface area contributed by atoms with Gasteiger partial charge >= 0.3 is 6.09 Å². The molecule has 9 nitrogen and oxygen atoms in total. The van der Waals surface area contributed by atoms with Crippen molar-refractivity contribution in [1.29, 1.82) is 0 Å². The third-order valence-corrected chi connectivity index (χ3v) is 8.40. The van der Waals surface area contributed by atoms with Crippen molar-refractivity contribution in [2.75, 3.05) is 7.11 Å². The van der Waals surface area contributed by atoms with Gasteiger partial charge in [-0.05, 0) is 54.8 Å². The molecular weight excluding hydrogens is 560 g/mol. The monoisotopic (exact) mass is 584 g/mol. The molecule has 0 spiro atoms. The van der Waals surface area contributed by atoms with Crippen LogP contribution in [0.1, 0.15) is 41.8 Å². The van der Waals surface area contributed by atoms with E-state index in [2.05, 4.69) is 48.0 Å². The number of fused-ring (bicyclic) bond motifs is 2. The Morgan fingerprint density at radius 3 is 2.87 bits per heavy atom. The van der Waals surface area contributed by atoms with Crippen molar-refractivity contribution in [3.8, 4) is 11.3 Å². The lowest BCUT2D eigenvalue weighted by Gasteiger charge is -2.31. The maximum Gasteiger partial charge on any atom is 0.407 e. The number of ether oxygens (including phenoxy) is 1. The van der Waals surface area contributed by atoms with Crippen LogP contribution in [0.15, 0.2) is 59.3 Å². The molecule has 2 aliphatic rings. The highest BCUT2D eigenvalue weighted by atomic mass is 79.9. The Hall–Kier alpha value is -4.05. The van der Waals surface area contributed by atoms with E-state index in [0.717, 1.165) is 55.7 Å². The molecule has 7 rings (SSSR count). The number of aryl methyl sites for hydroxylation is 1. The molecule has 5 aromatic rings. The minimum absolute atomic E-state index is 0.110. The van der Waals surface area contributed by atoms with Gasteiger partial charge < -0.3 is 19.6 Å². The Morgan fingerprint density at radius 1 is 1.13 bits per heavy atom. The fraction of sp³-hybridized carbons (Fsp3) is 0.276. The second-order valence-corrected chi connectivity index (χ2v) is 11.2. The first-order valence-electron chi connectivity index (χ1n) is 12.9. The number of H-pyrrole nitrogens is 1. The Bertz CT molecular complexity index is 1780. The second-order valence-electron chi connectivity index (χ2n) is 10.2. The van der Waals surface area contributed by atoms with Crippen molar-refractivity contribution >= 4 is 49.9 Å². The highest BCUT2D eigenvalue weighted by Gasteiger charge is 2.41. The number of carbonyl (C=O) groups excluding carboxylic acids is 2. The first-order chi connectivity index (χ1) is 19.0. The maximum atomic E-state index is 13.7. The summed E-state index contributed by atoms with van der Waals surface area (Å²) in [5.74, 6) is 0.381. The zero-order valence-corrected chi connectivity index (χ0v) is 22.7. The van der Waals surface area contributed by atoms with E-state index in [1.165, 1.54) is 12.7 Å². The average Bonchev–Trinajstić information content (AvgIpc) is 3.52. The lowest BCUT2D eigenvalue weighted by atomic mass is 9.79. The van der Waals surface area contributed by atoms with E-state index in [-0.39, 0.29) is 17.7 Å². The minimum Gasteiger partial charge on any atom is -0.453 e. The van der Waals surface area contributed by atoms with E-state index < -0.39 is 12.0 Å². The molecule has 4 heterocycles. The number of hydrogen-bond donors (Lipinski definition) is 2. The lowest BCUT2D eigenvalue weighted by Crippen LogP contribution is -2.44. The van der Waals surface area contributed by atoms with Crippen LogP contribution >= 0.6 is 15.9 Å². The maximum absolute atomic E-state index is 13.7. The third-order valence-electron chi connectivity index (χ3n) is 7.90. The highest BCUT2D eigenvalue weighted by molar-refractivity contribution is 9.10. The summed E-state index contributed by atoms with van der Waals surface area (Å²) < 4.78 is 7.96. The van der Waals surface area contributed by atoms with Crippen molar-refractivity contribution in [3.63, 3.8) is 0 Å². The summed E-state index contributed by atoms with van der Waals surface area (Å²) >= 11 is 3.48. The number of alkyl carbamates (subject to hydrolysis) is 1. The molecule has 0 saturated carbocycles. The molecule has 2 aromatic carbocycles. The van der Waals surface area contributed by atoms with E-state index in [1.54, 1.807) is 6.20 Å². The van der Waals surface area contributed by atoms with E-state index >= 15 is 0 Å². The first kappa shape index (κ1) is 24.0. The quantitative estimate of drug-likeness (QED) is 0.299. The molecular formula is C29H25BrN6O3. The number of imidazole rings is 1. The fourth-order valence-electron chi connectivity index (χ4n) is 6.05. The van der Waals surface area contributed by atoms with Gasteiger partial charge in [-0.1, -0.05) is 22.0 Å². The Morgan fingerprint density at radius 2 is 2.00 bits per heavy atom. The number of aromatic nitrogens is 5. The molecule has 3 aromatic heterocycles. The van der Waals surface area contributed by atoms with Gasteiger partial charge in [0.1, 0.15) is 11.6 Å². The molecule has 0 fully saturated rings. The summed E-state index contributed by atoms with van der Waals surface area (Å²) in [6.07, 6.45) is 5.18. The van der Waals surface area contributed by atoms with Crippen LogP contribution in [0.5, 0.6) is 0 Å². The van der Waals surface area contributed by atoms with Gasteiger partial charge in [-0.2, -0.15) is 0 Å². The minimum atomic E-state index is -0.507. The summed E-state index contributed by atoms with van der Waals surface area (Å²) in [7, 11) is 1.34. The molecule has 3 atom stereocenters. The Labute approximate surface area is 232 Å². The number of Topliss-reactive ketones (excluding diaryl/α,β-unsaturated/α-hetero) is 1. The van der Waals surface area contributed by atoms with E-state index in [4.69, 9.17) is 14.7 Å². The van der Waals surface area contributed by atoms with Crippen LogP contribution < -0.4 is 5.32 Å². The van der Waals surface area contributed by atoms with Gasteiger partial charge in [0.25, 0.3) is 0 Å². The number of carbonyl (C=O) groups is 2. The van der Waals surface area contributed by atoms with Gasteiger partial charge in [0.05, 0.1) is 47.0 Å². The standard InChI is InChI=1S/C29H25BrN6O3/c1-39-29(38)35-21-6-2-15-8-9-36-14-17(11-25(37)26(21)27(15)36)28-33-20-5-3-16(10-23(20)34-28)24-13-31-22-12-18(30)4-7-19(22)32-24/h3-5,7-10,12-13,17,21,26H,2,6,11,14H2,1H3,(H,33,34)(H,35,38)/t17-,21-,26?/m0/s1. The molecule has 1 amide bonds. The number of aromatic amines is 1. The predicted molar refractivity (Wildman–Crippen MR) is 150 cm³/mol. The van der Waals surface area contributed by atoms with E-state index in [0.29, 0.717) is 19.4 Å². The van der Waals surface area contributed by atoms with Gasteiger partial charge in [-0.15, -0.1) is 0 Å². The van der Waals surface area contributed by atoms with Gasteiger partial charge in [-0.25, -0.2) is 14.8 Å². The number of rotatable bonds is 3. The highest BCUT2D eigenvalue weighted by Crippen LogP contribution is 2.40. The topological polar surface area (TPSA) is 115 Å². The third kappa shape index (κ3) is 4.19. The molecule has 196 valence electrons. The second kappa shape index (κ2) is 9.30. The summed E-state index contributed by atoms with van der Waals surface area (Å²) in [5.41, 5.74) is 7.28. The largest absolute Gasteiger partial charge is 0.453 e. The van der Waals surface area contributed by atoms with Crippen molar-refractivity contribution in [2.24, 2.45) is 0 Å². The van der Waals surface area contributed by atoms with Gasteiger partial charge in [0.15, 0.2) is 0 Å². The Balaban J connectivity index is 1.21. The zero-order valence-electron chi connectivity index (χ0n) is 21.1. The predicted octanol–water partition coefficient (Wildman–Crippen LogP) is 5.25. The number of nitrogens with one attached hydrogen (secondary N) is 2. The van der Waals surface area contributed by atoms with Crippen molar-refractivity contribution in [2.45, 2.75) is 43.7 Å². The zero-order chi connectivity index (χ0) is 26.7. The number of nitrogens with zero attached hydrogens (tertiary/aromatic N) is 4. The van der Waals surface area contributed by atoms with Gasteiger partial charge in [0.2, 0.25) is 0 Å². The summed E-state index contributed by atoms with van der Waals surface area (Å²) in [6.45, 7) is 0.640. The molecule has 1 unspecified atom stereocenters. The molecule has 2 N–H and O–H groups in total. The number of amides is 1. The number of benzene rings is 2. The SMILES string of the molecule is COC(=O)N[C@H]1CCc2ccn3c2C1C(=O)C[C@H](c1nc2ccc(-c4cnc5cc(Br)ccc5n4)cc2[nH]1)C3. The normalized spacial score (nSPS) is 20.6. The van der Waals surface area contributed by atoms with Crippen molar-refractivity contribution in [1.82, 2.24) is 29.8 Å². The van der Waals surface area contributed by atoms with Crippen LogP contribution in [0.25, 0.3) is 33.3 Å². The molecule has 0 bridgehead atoms. The lowest BCUT2D eigenvalue weighted by molar-refractivity contribution is -0.121. The molecule has 0 radical (unpaired) electrons. The van der Waals surface area contributed by atoms with Crippen LogP contribution in [-0.4, -0.2) is 49.5 Å². The number of halogens is 1. The van der Waals surface area contributed by atoms with Crippen LogP contribution in [-0.2, 0) is 22.5 Å². The van der Waals surface area contributed by atoms with E-state index in [1.807, 2.05) is 36.4 Å². The molecule has 10 heteroatoms. The number of hydrogen-bond acceptors (Lipinski definition) is 6. The summed E-state index contributed by atoms with van der Waals surface area (Å²) in [6, 6.07) is 13.7. The smallest absolute Gasteiger partial charge is 0.407 e. The average molecular weight is 585 g/mol. The number of ketones is 1. The van der Waals surface area contributed by atoms with Gasteiger partial charge in [-0.3, -0.25) is 9.78 Å².